The van der Waals surface area contributed by atoms with Crippen LogP contribution in [-0.2, 0) is 9.53 Å². The minimum absolute atomic E-state index is 0.0184. The van der Waals surface area contributed by atoms with Crippen molar-refractivity contribution in [1.82, 2.24) is 20.4 Å². The number of rotatable bonds is 10. The summed E-state index contributed by atoms with van der Waals surface area (Å²) in [6, 6.07) is 0.553. The van der Waals surface area contributed by atoms with E-state index in [0.717, 1.165) is 38.6 Å². The predicted octanol–water partition coefficient (Wildman–Crippen LogP) is 1.30. The van der Waals surface area contributed by atoms with Gasteiger partial charge in [0.15, 0.2) is 5.96 Å². The van der Waals surface area contributed by atoms with Gasteiger partial charge in [0.1, 0.15) is 6.54 Å². The number of carbonyl (C=O) groups is 1. The van der Waals surface area contributed by atoms with Crippen LogP contribution in [0.4, 0.5) is 0 Å². The lowest BCUT2D eigenvalue weighted by Gasteiger charge is -2.42. The van der Waals surface area contributed by atoms with E-state index in [1.807, 2.05) is 0 Å². The SMILES string of the molecule is CCN1CCCC1CNC(=NCC(=O)N(C)C)NCC1(CCOC)CCC1. The van der Waals surface area contributed by atoms with Gasteiger partial charge >= 0.3 is 0 Å². The highest BCUT2D eigenvalue weighted by molar-refractivity contribution is 5.84. The number of amides is 1. The molecule has 1 aliphatic carbocycles. The summed E-state index contributed by atoms with van der Waals surface area (Å²) in [6.07, 6.45) is 7.32. The Morgan fingerprint density at radius 1 is 1.30 bits per heavy atom. The molecule has 0 aromatic carbocycles. The highest BCUT2D eigenvalue weighted by Gasteiger charge is 2.36. The first kappa shape index (κ1) is 22.0. The fraction of sp³-hybridized carbons (Fsp3) is 0.900. The molecule has 7 heteroatoms. The number of hydrogen-bond acceptors (Lipinski definition) is 4. The summed E-state index contributed by atoms with van der Waals surface area (Å²) in [7, 11) is 5.30. The fourth-order valence-corrected chi connectivity index (χ4v) is 4.00. The third-order valence-corrected chi connectivity index (χ3v) is 6.16. The lowest BCUT2D eigenvalue weighted by Crippen LogP contribution is -2.49. The molecular weight excluding hydrogens is 342 g/mol. The summed E-state index contributed by atoms with van der Waals surface area (Å²) in [6.45, 7) is 7.23. The molecule has 1 saturated carbocycles. The van der Waals surface area contributed by atoms with Gasteiger partial charge in [-0.25, -0.2) is 4.99 Å². The van der Waals surface area contributed by atoms with Crippen LogP contribution in [0.1, 0.15) is 45.4 Å². The van der Waals surface area contributed by atoms with Gasteiger partial charge in [0.25, 0.3) is 0 Å². The molecule has 1 aliphatic heterocycles. The Labute approximate surface area is 164 Å². The first-order valence-electron chi connectivity index (χ1n) is 10.4. The Morgan fingerprint density at radius 2 is 2.07 bits per heavy atom. The van der Waals surface area contributed by atoms with Gasteiger partial charge in [-0.3, -0.25) is 9.69 Å². The second-order valence-electron chi connectivity index (χ2n) is 8.21. The lowest BCUT2D eigenvalue weighted by molar-refractivity contribution is -0.127. The zero-order valence-corrected chi connectivity index (χ0v) is 17.7. The van der Waals surface area contributed by atoms with Crippen LogP contribution in [0.3, 0.4) is 0 Å². The van der Waals surface area contributed by atoms with Crippen molar-refractivity contribution in [2.24, 2.45) is 10.4 Å². The average Bonchev–Trinajstić information content (AvgIpc) is 3.09. The number of methoxy groups -OCH3 is 1. The Bertz CT molecular complexity index is 491. The van der Waals surface area contributed by atoms with Crippen molar-refractivity contribution in [3.63, 3.8) is 0 Å². The van der Waals surface area contributed by atoms with E-state index < -0.39 is 0 Å². The largest absolute Gasteiger partial charge is 0.385 e. The molecule has 7 nitrogen and oxygen atoms in total. The van der Waals surface area contributed by atoms with Crippen molar-refractivity contribution in [3.05, 3.63) is 0 Å². The lowest BCUT2D eigenvalue weighted by atomic mass is 9.67. The van der Waals surface area contributed by atoms with E-state index in [1.54, 1.807) is 26.1 Å². The molecule has 2 N–H and O–H groups in total. The average molecular weight is 382 g/mol. The smallest absolute Gasteiger partial charge is 0.243 e. The fourth-order valence-electron chi connectivity index (χ4n) is 4.00. The van der Waals surface area contributed by atoms with E-state index in [2.05, 4.69) is 27.4 Å². The molecule has 1 heterocycles. The topological polar surface area (TPSA) is 69.2 Å². The van der Waals surface area contributed by atoms with Crippen LogP contribution in [-0.4, -0.2) is 88.2 Å². The van der Waals surface area contributed by atoms with Gasteiger partial charge in [-0.15, -0.1) is 0 Å². The van der Waals surface area contributed by atoms with Crippen molar-refractivity contribution < 1.29 is 9.53 Å². The molecule has 1 atom stereocenters. The van der Waals surface area contributed by atoms with Gasteiger partial charge in [0, 0.05) is 46.9 Å². The number of carbonyl (C=O) groups excluding carboxylic acids is 1. The second-order valence-corrected chi connectivity index (χ2v) is 8.21. The summed E-state index contributed by atoms with van der Waals surface area (Å²) >= 11 is 0. The highest BCUT2D eigenvalue weighted by Crippen LogP contribution is 2.43. The Balaban J connectivity index is 1.92. The molecule has 156 valence electrons. The van der Waals surface area contributed by atoms with Crippen molar-refractivity contribution in [3.8, 4) is 0 Å². The molecule has 2 aliphatic rings. The summed E-state index contributed by atoms with van der Waals surface area (Å²) < 4.78 is 5.30. The Hall–Kier alpha value is -1.34. The number of likely N-dealkylation sites (N-methyl/N-ethyl adjacent to an activating group) is 2. The zero-order valence-electron chi connectivity index (χ0n) is 17.7. The molecule has 27 heavy (non-hydrogen) atoms. The number of aliphatic imine (C=N–C) groups is 1. The number of nitrogens with one attached hydrogen (secondary N) is 2. The number of ether oxygens (including phenoxy) is 1. The normalized spacial score (nSPS) is 22.4. The molecule has 0 bridgehead atoms. The van der Waals surface area contributed by atoms with E-state index >= 15 is 0 Å². The van der Waals surface area contributed by atoms with Gasteiger partial charge in [-0.1, -0.05) is 13.3 Å². The summed E-state index contributed by atoms with van der Waals surface area (Å²) in [5, 5.41) is 7.01. The summed E-state index contributed by atoms with van der Waals surface area (Å²) in [5.74, 6) is 0.779. The van der Waals surface area contributed by atoms with Crippen LogP contribution in [0.15, 0.2) is 4.99 Å². The van der Waals surface area contributed by atoms with Gasteiger partial charge in [-0.05, 0) is 50.6 Å². The van der Waals surface area contributed by atoms with Crippen LogP contribution >= 0.6 is 0 Å². The quantitative estimate of drug-likeness (QED) is 0.441. The number of hydrogen-bond donors (Lipinski definition) is 2. The van der Waals surface area contributed by atoms with E-state index in [4.69, 9.17) is 4.74 Å². The minimum Gasteiger partial charge on any atom is -0.385 e. The minimum atomic E-state index is 0.0184. The number of guanidine groups is 1. The van der Waals surface area contributed by atoms with Gasteiger partial charge in [0.05, 0.1) is 0 Å². The van der Waals surface area contributed by atoms with E-state index in [9.17, 15) is 4.79 Å². The van der Waals surface area contributed by atoms with Crippen LogP contribution in [0.2, 0.25) is 0 Å². The van der Waals surface area contributed by atoms with Crippen molar-refractivity contribution in [2.45, 2.75) is 51.5 Å². The van der Waals surface area contributed by atoms with Crippen LogP contribution in [0.25, 0.3) is 0 Å². The number of nitrogens with zero attached hydrogens (tertiary/aromatic N) is 3. The van der Waals surface area contributed by atoms with E-state index in [1.165, 1.54) is 38.6 Å². The van der Waals surface area contributed by atoms with Crippen LogP contribution in [0.5, 0.6) is 0 Å². The summed E-state index contributed by atoms with van der Waals surface area (Å²) in [4.78, 5) is 20.6. The van der Waals surface area contributed by atoms with E-state index in [-0.39, 0.29) is 12.5 Å². The molecular formula is C20H39N5O2. The van der Waals surface area contributed by atoms with Gasteiger partial charge in [0.2, 0.25) is 5.91 Å². The molecule has 0 radical (unpaired) electrons. The molecule has 0 spiro atoms. The predicted molar refractivity (Wildman–Crippen MR) is 110 cm³/mol. The van der Waals surface area contributed by atoms with Crippen molar-refractivity contribution in [1.29, 1.82) is 0 Å². The molecule has 1 saturated heterocycles. The maximum absolute atomic E-state index is 12.0. The zero-order chi connectivity index (χ0) is 19.7. The van der Waals surface area contributed by atoms with Crippen LogP contribution < -0.4 is 10.6 Å². The molecule has 0 aromatic heterocycles. The highest BCUT2D eigenvalue weighted by atomic mass is 16.5. The molecule has 0 aromatic rings. The van der Waals surface area contributed by atoms with E-state index in [0.29, 0.717) is 11.5 Å². The van der Waals surface area contributed by atoms with Crippen molar-refractivity contribution in [2.75, 3.05) is 60.5 Å². The third-order valence-electron chi connectivity index (χ3n) is 6.16. The molecule has 1 amide bonds. The third kappa shape index (κ3) is 6.64. The molecule has 2 rings (SSSR count). The van der Waals surface area contributed by atoms with Crippen molar-refractivity contribution >= 4 is 11.9 Å². The molecule has 1 unspecified atom stereocenters. The van der Waals surface area contributed by atoms with Crippen LogP contribution in [0, 0.1) is 5.41 Å². The summed E-state index contributed by atoms with van der Waals surface area (Å²) in [5.41, 5.74) is 0.312. The number of likely N-dealkylation sites (tertiary alicyclic amines) is 1. The standard InChI is InChI=1S/C20H39N5O2/c1-5-25-12-6-8-17(25)14-21-19(22-15-18(26)24(2)3)23-16-20(9-7-10-20)11-13-27-4/h17H,5-16H2,1-4H3,(H2,21,22,23). The van der Waals surface area contributed by atoms with Gasteiger partial charge in [-0.2, -0.15) is 0 Å². The first-order chi connectivity index (χ1) is 13.0. The van der Waals surface area contributed by atoms with Gasteiger partial charge < -0.3 is 20.3 Å². The maximum atomic E-state index is 12.0. The second kappa shape index (κ2) is 10.9. The Morgan fingerprint density at radius 3 is 2.67 bits per heavy atom. The monoisotopic (exact) mass is 381 g/mol. The maximum Gasteiger partial charge on any atom is 0.243 e. The Kier molecular flexibility index (Phi) is 8.83. The first-order valence-corrected chi connectivity index (χ1v) is 10.4. The molecule has 2 fully saturated rings.